The van der Waals surface area contributed by atoms with Gasteiger partial charge in [0.15, 0.2) is 0 Å². The van der Waals surface area contributed by atoms with Gasteiger partial charge in [-0.2, -0.15) is 0 Å². The monoisotopic (exact) mass is 489 g/mol. The van der Waals surface area contributed by atoms with Crippen LogP contribution < -0.4 is 19.9 Å². The molecular formula is C22H23N3O6S2. The fourth-order valence-electron chi connectivity index (χ4n) is 2.96. The zero-order valence-electron chi connectivity index (χ0n) is 17.7. The minimum Gasteiger partial charge on any atom is -0.495 e. The maximum atomic E-state index is 12.9. The maximum Gasteiger partial charge on any atom is 0.251 e. The number of ether oxygens (including phenoxy) is 1. The molecule has 174 valence electrons. The number of hydrogen-bond acceptors (Lipinski definition) is 6. The van der Waals surface area contributed by atoms with E-state index in [-0.39, 0.29) is 34.2 Å². The topological polar surface area (TPSA) is 145 Å². The van der Waals surface area contributed by atoms with Crippen LogP contribution in [0.25, 0.3) is 0 Å². The Kier molecular flexibility index (Phi) is 7.49. The van der Waals surface area contributed by atoms with E-state index in [0.717, 1.165) is 5.56 Å². The van der Waals surface area contributed by atoms with Gasteiger partial charge in [0, 0.05) is 18.7 Å². The third-order valence-electron chi connectivity index (χ3n) is 4.73. The number of carbonyl (C=O) groups excluding carboxylic acids is 1. The molecule has 0 aliphatic carbocycles. The van der Waals surface area contributed by atoms with Crippen LogP contribution in [0.1, 0.15) is 21.5 Å². The second-order valence-electron chi connectivity index (χ2n) is 7.05. The molecule has 0 heterocycles. The van der Waals surface area contributed by atoms with Gasteiger partial charge in [-0.15, -0.1) is 0 Å². The van der Waals surface area contributed by atoms with Crippen LogP contribution in [0, 0.1) is 0 Å². The number of sulfonamides is 2. The first-order chi connectivity index (χ1) is 15.6. The van der Waals surface area contributed by atoms with Crippen molar-refractivity contribution in [1.82, 2.24) is 10.0 Å². The SMILES string of the molecule is COc1ccc(C(=O)NCc2ccc(S(N)(=O)=O)cc2)cc1S(=O)(=O)NCc1ccccc1. The van der Waals surface area contributed by atoms with Crippen LogP contribution in [0.2, 0.25) is 0 Å². The van der Waals surface area contributed by atoms with Crippen molar-refractivity contribution in [3.8, 4) is 5.75 Å². The number of nitrogens with one attached hydrogen (secondary N) is 2. The minimum atomic E-state index is -3.97. The molecule has 1 amide bonds. The van der Waals surface area contributed by atoms with Crippen LogP contribution in [0.5, 0.6) is 5.75 Å². The summed E-state index contributed by atoms with van der Waals surface area (Å²) in [5.41, 5.74) is 1.54. The van der Waals surface area contributed by atoms with E-state index in [1.54, 1.807) is 24.3 Å². The highest BCUT2D eigenvalue weighted by Crippen LogP contribution is 2.25. The summed E-state index contributed by atoms with van der Waals surface area (Å²) in [6.45, 7) is 0.182. The van der Waals surface area contributed by atoms with Gasteiger partial charge in [-0.3, -0.25) is 4.79 Å². The fraction of sp³-hybridized carbons (Fsp3) is 0.136. The molecular weight excluding hydrogens is 466 g/mol. The number of nitrogens with two attached hydrogens (primary N) is 1. The van der Waals surface area contributed by atoms with Crippen molar-refractivity contribution >= 4 is 26.0 Å². The molecule has 0 saturated heterocycles. The van der Waals surface area contributed by atoms with E-state index < -0.39 is 26.0 Å². The molecule has 0 aliphatic heterocycles. The summed E-state index contributed by atoms with van der Waals surface area (Å²) in [5.74, 6) is -0.404. The number of rotatable bonds is 9. The molecule has 3 aromatic carbocycles. The van der Waals surface area contributed by atoms with Crippen molar-refractivity contribution in [2.24, 2.45) is 5.14 Å². The van der Waals surface area contributed by atoms with Crippen molar-refractivity contribution < 1.29 is 26.4 Å². The van der Waals surface area contributed by atoms with Crippen LogP contribution in [-0.2, 0) is 33.1 Å². The fourth-order valence-corrected chi connectivity index (χ4v) is 4.69. The lowest BCUT2D eigenvalue weighted by atomic mass is 10.2. The Labute approximate surface area is 192 Å². The Morgan fingerprint density at radius 3 is 2.12 bits per heavy atom. The van der Waals surface area contributed by atoms with E-state index in [2.05, 4.69) is 10.0 Å². The van der Waals surface area contributed by atoms with Gasteiger partial charge in [-0.1, -0.05) is 42.5 Å². The highest BCUT2D eigenvalue weighted by atomic mass is 32.2. The van der Waals surface area contributed by atoms with Crippen molar-refractivity contribution in [1.29, 1.82) is 0 Å². The number of hydrogen-bond donors (Lipinski definition) is 3. The predicted molar refractivity (Wildman–Crippen MR) is 122 cm³/mol. The number of carbonyl (C=O) groups is 1. The highest BCUT2D eigenvalue weighted by molar-refractivity contribution is 7.89. The molecule has 0 atom stereocenters. The molecule has 0 radical (unpaired) electrons. The summed E-state index contributed by atoms with van der Waals surface area (Å²) in [7, 11) is -6.43. The average Bonchev–Trinajstić information content (AvgIpc) is 2.81. The predicted octanol–water partition coefficient (Wildman–Crippen LogP) is 1.75. The van der Waals surface area contributed by atoms with Gasteiger partial charge in [-0.25, -0.2) is 26.7 Å². The molecule has 33 heavy (non-hydrogen) atoms. The van der Waals surface area contributed by atoms with Crippen molar-refractivity contribution in [2.75, 3.05) is 7.11 Å². The summed E-state index contributed by atoms with van der Waals surface area (Å²) in [6.07, 6.45) is 0. The van der Waals surface area contributed by atoms with Crippen LogP contribution in [0.3, 0.4) is 0 Å². The zero-order chi connectivity index (χ0) is 24.1. The summed E-state index contributed by atoms with van der Waals surface area (Å²) in [4.78, 5) is 12.4. The second kappa shape index (κ2) is 10.1. The highest BCUT2D eigenvalue weighted by Gasteiger charge is 2.21. The minimum absolute atomic E-state index is 0.0365. The third kappa shape index (κ3) is 6.39. The first kappa shape index (κ1) is 24.4. The lowest BCUT2D eigenvalue weighted by Gasteiger charge is -2.13. The molecule has 0 saturated carbocycles. The van der Waals surface area contributed by atoms with E-state index in [1.807, 2.05) is 6.07 Å². The molecule has 0 unspecified atom stereocenters. The standard InChI is InChI=1S/C22H23N3O6S2/c1-31-20-12-9-18(13-21(20)33(29,30)25-15-16-5-3-2-4-6-16)22(26)24-14-17-7-10-19(11-8-17)32(23,27)28/h2-13,25H,14-15H2,1H3,(H,24,26)(H2,23,27,28). The first-order valence-corrected chi connectivity index (χ1v) is 12.7. The van der Waals surface area contributed by atoms with E-state index in [0.29, 0.717) is 5.56 Å². The van der Waals surface area contributed by atoms with Gasteiger partial charge in [0.1, 0.15) is 10.6 Å². The Hall–Kier alpha value is -3.25. The summed E-state index contributed by atoms with van der Waals surface area (Å²) >= 11 is 0. The molecule has 3 aromatic rings. The quantitative estimate of drug-likeness (QED) is 0.418. The van der Waals surface area contributed by atoms with Gasteiger partial charge < -0.3 is 10.1 Å². The molecule has 0 fully saturated rings. The Balaban J connectivity index is 1.74. The number of benzene rings is 3. The third-order valence-corrected chi connectivity index (χ3v) is 7.08. The Morgan fingerprint density at radius 2 is 1.52 bits per heavy atom. The lowest BCUT2D eigenvalue weighted by molar-refractivity contribution is 0.0950. The molecule has 4 N–H and O–H groups in total. The van der Waals surface area contributed by atoms with Gasteiger partial charge in [-0.05, 0) is 41.5 Å². The largest absolute Gasteiger partial charge is 0.495 e. The van der Waals surface area contributed by atoms with E-state index in [1.165, 1.54) is 49.6 Å². The maximum absolute atomic E-state index is 12.9. The Morgan fingerprint density at radius 1 is 0.879 bits per heavy atom. The average molecular weight is 490 g/mol. The normalized spacial score (nSPS) is 11.7. The summed E-state index contributed by atoms with van der Waals surface area (Å²) < 4.78 is 56.1. The smallest absolute Gasteiger partial charge is 0.251 e. The van der Waals surface area contributed by atoms with Crippen LogP contribution in [0.15, 0.2) is 82.6 Å². The molecule has 0 spiro atoms. The van der Waals surface area contributed by atoms with Crippen molar-refractivity contribution in [3.05, 3.63) is 89.5 Å². The number of methoxy groups -OCH3 is 1. The van der Waals surface area contributed by atoms with E-state index in [9.17, 15) is 21.6 Å². The molecule has 11 heteroatoms. The number of amides is 1. The van der Waals surface area contributed by atoms with Crippen molar-refractivity contribution in [3.63, 3.8) is 0 Å². The first-order valence-electron chi connectivity index (χ1n) is 9.72. The van der Waals surface area contributed by atoms with Gasteiger partial charge in [0.05, 0.1) is 12.0 Å². The van der Waals surface area contributed by atoms with Crippen LogP contribution in [0.4, 0.5) is 0 Å². The van der Waals surface area contributed by atoms with Gasteiger partial charge >= 0.3 is 0 Å². The molecule has 9 nitrogen and oxygen atoms in total. The molecule has 0 bridgehead atoms. The van der Waals surface area contributed by atoms with Crippen LogP contribution in [-0.4, -0.2) is 29.9 Å². The second-order valence-corrected chi connectivity index (χ2v) is 10.3. The van der Waals surface area contributed by atoms with Crippen LogP contribution >= 0.6 is 0 Å². The molecule has 3 rings (SSSR count). The zero-order valence-corrected chi connectivity index (χ0v) is 19.3. The Bertz CT molecular complexity index is 1340. The number of primary sulfonamides is 1. The van der Waals surface area contributed by atoms with E-state index >= 15 is 0 Å². The summed E-state index contributed by atoms with van der Waals surface area (Å²) in [6, 6.07) is 18.9. The van der Waals surface area contributed by atoms with Crippen molar-refractivity contribution in [2.45, 2.75) is 22.9 Å². The summed E-state index contributed by atoms with van der Waals surface area (Å²) in [5, 5.41) is 7.74. The van der Waals surface area contributed by atoms with E-state index in [4.69, 9.17) is 9.88 Å². The van der Waals surface area contributed by atoms with Gasteiger partial charge in [0.2, 0.25) is 20.0 Å². The molecule has 0 aliphatic rings. The molecule has 0 aromatic heterocycles. The van der Waals surface area contributed by atoms with Gasteiger partial charge in [0.25, 0.3) is 5.91 Å². The lowest BCUT2D eigenvalue weighted by Crippen LogP contribution is -2.26.